The maximum absolute atomic E-state index is 8.91. The highest BCUT2D eigenvalue weighted by molar-refractivity contribution is 5.32. The van der Waals surface area contributed by atoms with E-state index < -0.39 is 0 Å². The third-order valence-corrected chi connectivity index (χ3v) is 2.62. The Bertz CT molecular complexity index is 353. The second-order valence-corrected chi connectivity index (χ2v) is 4.15. The van der Waals surface area contributed by atoms with Gasteiger partial charge in [-0.15, -0.1) is 0 Å². The number of rotatable bonds is 5. The first-order valence-corrected chi connectivity index (χ1v) is 5.51. The minimum atomic E-state index is 0.201. The van der Waals surface area contributed by atoms with E-state index in [0.717, 1.165) is 12.1 Å². The van der Waals surface area contributed by atoms with Gasteiger partial charge in [-0.2, -0.15) is 5.26 Å². The minimum absolute atomic E-state index is 0.201. The summed E-state index contributed by atoms with van der Waals surface area (Å²) in [5.41, 5.74) is 1.84. The van der Waals surface area contributed by atoms with Crippen molar-refractivity contribution in [2.45, 2.75) is 19.9 Å². The molecule has 0 aromatic heterocycles. The van der Waals surface area contributed by atoms with Gasteiger partial charge < -0.3 is 10.4 Å². The van der Waals surface area contributed by atoms with Crippen molar-refractivity contribution in [2.75, 3.05) is 13.2 Å². The van der Waals surface area contributed by atoms with E-state index >= 15 is 0 Å². The topological polar surface area (TPSA) is 56.0 Å². The Kier molecular flexibility index (Phi) is 4.97. The maximum Gasteiger partial charge on any atom is 0.0991 e. The highest BCUT2D eigenvalue weighted by Gasteiger charge is 2.06. The van der Waals surface area contributed by atoms with E-state index in [1.54, 1.807) is 0 Å². The summed E-state index contributed by atoms with van der Waals surface area (Å²) in [5, 5.41) is 20.9. The van der Waals surface area contributed by atoms with Gasteiger partial charge in [0.1, 0.15) is 0 Å². The van der Waals surface area contributed by atoms with Gasteiger partial charge in [-0.25, -0.2) is 0 Å². The normalized spacial score (nSPS) is 14.1. The van der Waals surface area contributed by atoms with Crippen LogP contribution in [-0.2, 0) is 0 Å². The van der Waals surface area contributed by atoms with Crippen LogP contribution in [0.15, 0.2) is 24.3 Å². The van der Waals surface area contributed by atoms with Crippen LogP contribution in [0.5, 0.6) is 0 Å². The largest absolute Gasteiger partial charge is 0.396 e. The minimum Gasteiger partial charge on any atom is -0.396 e. The lowest BCUT2D eigenvalue weighted by Gasteiger charge is -2.16. The molecule has 0 fully saturated rings. The first-order valence-electron chi connectivity index (χ1n) is 5.51. The second-order valence-electron chi connectivity index (χ2n) is 4.15. The monoisotopic (exact) mass is 218 g/mol. The van der Waals surface area contributed by atoms with Crippen LogP contribution in [0.25, 0.3) is 0 Å². The number of aliphatic hydroxyl groups is 1. The molecule has 0 bridgehead atoms. The van der Waals surface area contributed by atoms with Crippen molar-refractivity contribution in [1.29, 1.82) is 5.26 Å². The Morgan fingerprint density at radius 3 is 2.44 bits per heavy atom. The van der Waals surface area contributed by atoms with Crippen molar-refractivity contribution in [1.82, 2.24) is 5.32 Å². The molecule has 16 heavy (non-hydrogen) atoms. The average Bonchev–Trinajstić information content (AvgIpc) is 2.35. The molecule has 0 aliphatic rings. The number of nitrogens with zero attached hydrogens (tertiary/aromatic N) is 1. The number of hydrogen-bond donors (Lipinski definition) is 2. The molecule has 1 aromatic carbocycles. The number of nitriles is 1. The molecule has 0 heterocycles. The predicted octanol–water partition coefficient (Wildman–Crippen LogP) is 1.84. The fourth-order valence-corrected chi connectivity index (χ4v) is 1.41. The molecule has 2 atom stereocenters. The van der Waals surface area contributed by atoms with Gasteiger partial charge in [-0.05, 0) is 30.5 Å². The summed E-state index contributed by atoms with van der Waals surface area (Å²) in [7, 11) is 0. The van der Waals surface area contributed by atoms with Crippen LogP contribution in [0, 0.1) is 17.2 Å². The van der Waals surface area contributed by atoms with Gasteiger partial charge >= 0.3 is 0 Å². The van der Waals surface area contributed by atoms with E-state index in [-0.39, 0.29) is 18.6 Å². The molecule has 3 nitrogen and oxygen atoms in total. The molecule has 0 aliphatic carbocycles. The Morgan fingerprint density at radius 2 is 1.94 bits per heavy atom. The van der Waals surface area contributed by atoms with E-state index in [1.807, 2.05) is 31.2 Å². The number of benzene rings is 1. The van der Waals surface area contributed by atoms with Crippen molar-refractivity contribution >= 4 is 0 Å². The number of nitrogens with one attached hydrogen (secondary N) is 1. The summed E-state index contributed by atoms with van der Waals surface area (Å²) < 4.78 is 0. The summed E-state index contributed by atoms with van der Waals surface area (Å²) in [6, 6.07) is 9.90. The number of hydrogen-bond acceptors (Lipinski definition) is 3. The van der Waals surface area contributed by atoms with Crippen LogP contribution < -0.4 is 5.32 Å². The standard InChI is InChI=1S/C13H18N2O/c1-10(9-16)8-15-11(2)13-5-3-12(7-14)4-6-13/h3-6,10-11,15-16H,8-9H2,1-2H3. The van der Waals surface area contributed by atoms with Crippen LogP contribution in [0.1, 0.15) is 31.0 Å². The Morgan fingerprint density at radius 1 is 1.31 bits per heavy atom. The Hall–Kier alpha value is -1.37. The van der Waals surface area contributed by atoms with Gasteiger partial charge in [0.25, 0.3) is 0 Å². The fourth-order valence-electron chi connectivity index (χ4n) is 1.41. The van der Waals surface area contributed by atoms with Gasteiger partial charge in [0.15, 0.2) is 0 Å². The molecule has 2 N–H and O–H groups in total. The lowest BCUT2D eigenvalue weighted by atomic mass is 10.1. The molecule has 0 saturated heterocycles. The molecule has 3 heteroatoms. The van der Waals surface area contributed by atoms with Crippen LogP contribution in [-0.4, -0.2) is 18.3 Å². The molecule has 1 rings (SSSR count). The van der Waals surface area contributed by atoms with Crippen LogP contribution in [0.2, 0.25) is 0 Å². The molecule has 0 aliphatic heterocycles. The zero-order valence-electron chi connectivity index (χ0n) is 9.77. The third-order valence-electron chi connectivity index (χ3n) is 2.62. The predicted molar refractivity (Wildman–Crippen MR) is 63.8 cm³/mol. The van der Waals surface area contributed by atoms with Crippen molar-refractivity contribution < 1.29 is 5.11 Å². The van der Waals surface area contributed by atoms with Gasteiger partial charge in [0.05, 0.1) is 11.6 Å². The van der Waals surface area contributed by atoms with Crippen molar-refractivity contribution in [3.05, 3.63) is 35.4 Å². The summed E-state index contributed by atoms with van der Waals surface area (Å²) >= 11 is 0. The fraction of sp³-hybridized carbons (Fsp3) is 0.462. The van der Waals surface area contributed by atoms with Crippen molar-refractivity contribution in [3.8, 4) is 6.07 Å². The third kappa shape index (κ3) is 3.65. The molecule has 0 spiro atoms. The van der Waals surface area contributed by atoms with E-state index in [0.29, 0.717) is 5.56 Å². The van der Waals surface area contributed by atoms with Crippen LogP contribution in [0.4, 0.5) is 0 Å². The summed E-state index contributed by atoms with van der Waals surface area (Å²) in [5.74, 6) is 0.265. The molecule has 86 valence electrons. The second kappa shape index (κ2) is 6.26. The Balaban J connectivity index is 2.53. The van der Waals surface area contributed by atoms with Crippen molar-refractivity contribution in [2.24, 2.45) is 5.92 Å². The lowest BCUT2D eigenvalue weighted by molar-refractivity contribution is 0.231. The molecule has 0 radical (unpaired) electrons. The van der Waals surface area contributed by atoms with Crippen molar-refractivity contribution in [3.63, 3.8) is 0 Å². The molecule has 2 unspecified atom stereocenters. The van der Waals surface area contributed by atoms with Crippen LogP contribution in [0.3, 0.4) is 0 Å². The zero-order valence-corrected chi connectivity index (χ0v) is 9.77. The molecule has 0 saturated carbocycles. The average molecular weight is 218 g/mol. The van der Waals surface area contributed by atoms with E-state index in [2.05, 4.69) is 18.3 Å². The molecular weight excluding hydrogens is 200 g/mol. The maximum atomic E-state index is 8.91. The quantitative estimate of drug-likeness (QED) is 0.792. The summed E-state index contributed by atoms with van der Waals surface area (Å²) in [6.45, 7) is 5.06. The highest BCUT2D eigenvalue weighted by atomic mass is 16.3. The van der Waals surface area contributed by atoms with Gasteiger partial charge in [-0.1, -0.05) is 19.1 Å². The van der Waals surface area contributed by atoms with E-state index in [4.69, 9.17) is 10.4 Å². The first kappa shape index (κ1) is 12.7. The summed E-state index contributed by atoms with van der Waals surface area (Å²) in [4.78, 5) is 0. The van der Waals surface area contributed by atoms with Gasteiger partial charge in [0, 0.05) is 19.2 Å². The zero-order chi connectivity index (χ0) is 12.0. The van der Waals surface area contributed by atoms with E-state index in [1.165, 1.54) is 0 Å². The van der Waals surface area contributed by atoms with Gasteiger partial charge in [0.2, 0.25) is 0 Å². The van der Waals surface area contributed by atoms with Crippen LogP contribution >= 0.6 is 0 Å². The molecule has 0 amide bonds. The Labute approximate surface area is 96.7 Å². The molecular formula is C13H18N2O. The number of aliphatic hydroxyl groups excluding tert-OH is 1. The van der Waals surface area contributed by atoms with E-state index in [9.17, 15) is 0 Å². The molecule has 1 aromatic rings. The lowest BCUT2D eigenvalue weighted by Crippen LogP contribution is -2.26. The first-order chi connectivity index (χ1) is 7.67. The smallest absolute Gasteiger partial charge is 0.0991 e. The van der Waals surface area contributed by atoms with Gasteiger partial charge in [-0.3, -0.25) is 0 Å². The summed E-state index contributed by atoms with van der Waals surface area (Å²) in [6.07, 6.45) is 0. The SMILES string of the molecule is CC(CO)CNC(C)c1ccc(C#N)cc1. The highest BCUT2D eigenvalue weighted by Crippen LogP contribution is 2.13.